The van der Waals surface area contributed by atoms with Crippen LogP contribution >= 0.6 is 11.3 Å². The van der Waals surface area contributed by atoms with Gasteiger partial charge in [0.2, 0.25) is 0 Å². The third kappa shape index (κ3) is 4.50. The lowest BCUT2D eigenvalue weighted by Crippen LogP contribution is -2.44. The molecule has 150 valence electrons. The summed E-state index contributed by atoms with van der Waals surface area (Å²) in [5, 5.41) is 14.5. The third-order valence-corrected chi connectivity index (χ3v) is 6.82. The highest BCUT2D eigenvalue weighted by Gasteiger charge is 2.27. The summed E-state index contributed by atoms with van der Waals surface area (Å²) in [4.78, 5) is 26.7. The largest absolute Gasteiger partial charge is 0.366 e. The number of anilines is 1. The summed E-state index contributed by atoms with van der Waals surface area (Å²) in [6.07, 6.45) is 2.33. The van der Waals surface area contributed by atoms with Crippen LogP contribution in [-0.2, 0) is 9.84 Å². The summed E-state index contributed by atoms with van der Waals surface area (Å²) in [5.41, 5.74) is 0.176. The second-order valence-corrected chi connectivity index (χ2v) is 10.1. The van der Waals surface area contributed by atoms with E-state index in [1.807, 2.05) is 17.9 Å². The summed E-state index contributed by atoms with van der Waals surface area (Å²) in [6.45, 7) is 3.02. The van der Waals surface area contributed by atoms with Crippen molar-refractivity contribution in [3.63, 3.8) is 0 Å². The molecule has 2 heterocycles. The average molecular weight is 424 g/mol. The second kappa shape index (κ2) is 7.88. The average Bonchev–Trinajstić information content (AvgIpc) is 3.07. The van der Waals surface area contributed by atoms with Gasteiger partial charge < -0.3 is 10.2 Å². The molecule has 0 unspecified atom stereocenters. The highest BCUT2D eigenvalue weighted by Crippen LogP contribution is 2.32. The fourth-order valence-electron chi connectivity index (χ4n) is 3.23. The zero-order chi connectivity index (χ0) is 20.5. The Morgan fingerprint density at radius 3 is 2.46 bits per heavy atom. The van der Waals surface area contributed by atoms with Gasteiger partial charge in [0.15, 0.2) is 9.84 Å². The Labute approximate surface area is 167 Å². The van der Waals surface area contributed by atoms with E-state index in [-0.39, 0.29) is 22.5 Å². The van der Waals surface area contributed by atoms with E-state index in [1.165, 1.54) is 23.5 Å². The van der Waals surface area contributed by atoms with Crippen molar-refractivity contribution in [2.24, 2.45) is 0 Å². The topological polar surface area (TPSA) is 110 Å². The number of nitro groups is 1. The van der Waals surface area contributed by atoms with Crippen molar-refractivity contribution in [2.45, 2.75) is 30.7 Å². The molecule has 1 N–H and O–H groups in total. The third-order valence-electron chi connectivity index (χ3n) is 4.71. The highest BCUT2D eigenvalue weighted by atomic mass is 32.2. The van der Waals surface area contributed by atoms with Gasteiger partial charge in [0.25, 0.3) is 11.6 Å². The molecule has 0 spiro atoms. The number of thiophene rings is 1. The van der Waals surface area contributed by atoms with E-state index in [1.54, 1.807) is 6.07 Å². The lowest BCUT2D eigenvalue weighted by molar-refractivity contribution is -0.384. The summed E-state index contributed by atoms with van der Waals surface area (Å²) in [7, 11) is -3.52. The number of hydrogen-bond acceptors (Lipinski definition) is 7. The molecule has 0 bridgehead atoms. The molecule has 10 heteroatoms. The minimum Gasteiger partial charge on any atom is -0.366 e. The van der Waals surface area contributed by atoms with Crippen molar-refractivity contribution >= 4 is 38.5 Å². The molecule has 1 aromatic heterocycles. The van der Waals surface area contributed by atoms with Crippen molar-refractivity contribution in [1.29, 1.82) is 0 Å². The van der Waals surface area contributed by atoms with Crippen molar-refractivity contribution in [1.82, 2.24) is 5.32 Å². The second-order valence-electron chi connectivity index (χ2n) is 6.82. The SMILES string of the molecule is Cc1ccc(C(=O)NC2CCN(c3ccc(S(C)(=O)=O)cc3[N+](=O)[O-])CC2)s1. The molecule has 1 amide bonds. The molecule has 3 rings (SSSR count). The van der Waals surface area contributed by atoms with Crippen LogP contribution in [0.3, 0.4) is 0 Å². The van der Waals surface area contributed by atoms with Gasteiger partial charge in [0.1, 0.15) is 5.69 Å². The van der Waals surface area contributed by atoms with Crippen LogP contribution in [0.2, 0.25) is 0 Å². The Bertz CT molecular complexity index is 1010. The molecule has 28 heavy (non-hydrogen) atoms. The van der Waals surface area contributed by atoms with Gasteiger partial charge in [-0.05, 0) is 44.0 Å². The molecule has 1 aliphatic rings. The van der Waals surface area contributed by atoms with Crippen LogP contribution in [0.15, 0.2) is 35.2 Å². The first-order valence-electron chi connectivity index (χ1n) is 8.76. The highest BCUT2D eigenvalue weighted by molar-refractivity contribution is 7.90. The van der Waals surface area contributed by atoms with Gasteiger partial charge >= 0.3 is 0 Å². The monoisotopic (exact) mass is 423 g/mol. The number of piperidine rings is 1. The van der Waals surface area contributed by atoms with Crippen molar-refractivity contribution in [3.05, 3.63) is 50.2 Å². The van der Waals surface area contributed by atoms with Crippen LogP contribution in [-0.4, -0.2) is 44.6 Å². The molecule has 0 radical (unpaired) electrons. The van der Waals surface area contributed by atoms with Gasteiger partial charge in [-0.1, -0.05) is 0 Å². The molecule has 1 aliphatic heterocycles. The lowest BCUT2D eigenvalue weighted by atomic mass is 10.0. The molecule has 1 fully saturated rings. The number of carbonyl (C=O) groups is 1. The van der Waals surface area contributed by atoms with E-state index in [9.17, 15) is 23.3 Å². The normalized spacial score (nSPS) is 15.4. The number of amides is 1. The predicted molar refractivity (Wildman–Crippen MR) is 108 cm³/mol. The van der Waals surface area contributed by atoms with Crippen LogP contribution in [0, 0.1) is 17.0 Å². The van der Waals surface area contributed by atoms with Gasteiger partial charge in [0.05, 0.1) is 14.7 Å². The lowest BCUT2D eigenvalue weighted by Gasteiger charge is -2.33. The van der Waals surface area contributed by atoms with E-state index in [0.29, 0.717) is 36.5 Å². The minimum atomic E-state index is -3.52. The molecule has 1 aromatic carbocycles. The first-order valence-corrected chi connectivity index (χ1v) is 11.5. The Morgan fingerprint density at radius 2 is 1.93 bits per heavy atom. The Morgan fingerprint density at radius 1 is 1.25 bits per heavy atom. The number of aryl methyl sites for hydroxylation is 1. The summed E-state index contributed by atoms with van der Waals surface area (Å²) >= 11 is 1.44. The molecule has 0 aliphatic carbocycles. The van der Waals surface area contributed by atoms with Crippen LogP contribution < -0.4 is 10.2 Å². The predicted octanol–water partition coefficient (Wildman–Crippen LogP) is 2.77. The molecule has 8 nitrogen and oxygen atoms in total. The number of sulfone groups is 1. The standard InChI is InChI=1S/C18H21N3O5S2/c1-12-3-6-17(27-12)18(22)19-13-7-9-20(10-8-13)15-5-4-14(28(2,25)26)11-16(15)21(23)24/h3-6,11,13H,7-10H2,1-2H3,(H,19,22). The quantitative estimate of drug-likeness (QED) is 0.585. The number of benzene rings is 1. The van der Waals surface area contributed by atoms with E-state index >= 15 is 0 Å². The summed E-state index contributed by atoms with van der Waals surface area (Å²) < 4.78 is 23.4. The first-order chi connectivity index (χ1) is 13.1. The number of rotatable bonds is 5. The Hall–Kier alpha value is -2.46. The van der Waals surface area contributed by atoms with Gasteiger partial charge in [0, 0.05) is 36.3 Å². The molecular weight excluding hydrogens is 402 g/mol. The minimum absolute atomic E-state index is 0.000468. The molecular formula is C18H21N3O5S2. The zero-order valence-corrected chi connectivity index (χ0v) is 17.2. The molecule has 0 atom stereocenters. The smallest absolute Gasteiger partial charge is 0.293 e. The molecule has 0 saturated carbocycles. The number of hydrogen-bond donors (Lipinski definition) is 1. The van der Waals surface area contributed by atoms with Crippen molar-refractivity contribution in [3.8, 4) is 0 Å². The fraction of sp³-hybridized carbons (Fsp3) is 0.389. The van der Waals surface area contributed by atoms with Crippen LogP contribution in [0.1, 0.15) is 27.4 Å². The summed E-state index contributed by atoms with van der Waals surface area (Å²) in [5.74, 6) is -0.0972. The van der Waals surface area contributed by atoms with Crippen molar-refractivity contribution in [2.75, 3.05) is 24.2 Å². The van der Waals surface area contributed by atoms with Crippen molar-refractivity contribution < 1.29 is 18.1 Å². The Kier molecular flexibility index (Phi) is 5.71. The number of nitro benzene ring substituents is 1. The van der Waals surface area contributed by atoms with Gasteiger partial charge in [-0.15, -0.1) is 11.3 Å². The van der Waals surface area contributed by atoms with E-state index in [0.717, 1.165) is 17.2 Å². The van der Waals surface area contributed by atoms with Crippen LogP contribution in [0.25, 0.3) is 0 Å². The van der Waals surface area contributed by atoms with Crippen LogP contribution in [0.4, 0.5) is 11.4 Å². The maximum Gasteiger partial charge on any atom is 0.293 e. The van der Waals surface area contributed by atoms with E-state index in [2.05, 4.69) is 5.32 Å². The first kappa shape index (κ1) is 20.3. The van der Waals surface area contributed by atoms with E-state index in [4.69, 9.17) is 0 Å². The fourth-order valence-corrected chi connectivity index (χ4v) is 4.64. The number of nitrogens with one attached hydrogen (secondary N) is 1. The number of carbonyl (C=O) groups excluding carboxylic acids is 1. The van der Waals surface area contributed by atoms with Gasteiger partial charge in [-0.3, -0.25) is 14.9 Å². The van der Waals surface area contributed by atoms with Gasteiger partial charge in [-0.2, -0.15) is 0 Å². The molecule has 1 saturated heterocycles. The maximum atomic E-state index is 12.3. The molecule has 2 aromatic rings. The number of nitrogens with zero attached hydrogens (tertiary/aromatic N) is 2. The van der Waals surface area contributed by atoms with Crippen LogP contribution in [0.5, 0.6) is 0 Å². The van der Waals surface area contributed by atoms with E-state index < -0.39 is 14.8 Å². The van der Waals surface area contributed by atoms with Gasteiger partial charge in [-0.25, -0.2) is 8.42 Å². The summed E-state index contributed by atoms with van der Waals surface area (Å²) in [6, 6.07) is 7.70. The maximum absolute atomic E-state index is 12.3. The Balaban J connectivity index is 1.69. The zero-order valence-electron chi connectivity index (χ0n) is 15.5.